The van der Waals surface area contributed by atoms with Gasteiger partial charge in [-0.25, -0.2) is 9.97 Å². The van der Waals surface area contributed by atoms with Crippen LogP contribution in [0.25, 0.3) is 0 Å². The average Bonchev–Trinajstić information content (AvgIpc) is 2.51. The van der Waals surface area contributed by atoms with E-state index >= 15 is 0 Å². The van der Waals surface area contributed by atoms with Crippen LogP contribution in [-0.2, 0) is 11.2 Å². The molecule has 1 amide bonds. The smallest absolute Gasteiger partial charge is 0.226 e. The molecule has 0 bridgehead atoms. The number of anilines is 2. The Morgan fingerprint density at radius 3 is 2.52 bits per heavy atom. The Morgan fingerprint density at radius 1 is 1.17 bits per heavy atom. The molecular formula is C15H17Cl3N4O. The number of rotatable bonds is 6. The lowest BCUT2D eigenvalue weighted by Crippen LogP contribution is -2.16. The summed E-state index contributed by atoms with van der Waals surface area (Å²) in [4.78, 5) is 20.0. The van der Waals surface area contributed by atoms with Gasteiger partial charge in [-0.15, -0.1) is 12.4 Å². The SMILES string of the molecule is CCc1ncnc(NCCC(=O)Nc2ccc(Cl)cc2)c1Cl.Cl. The molecule has 0 unspecified atom stereocenters. The summed E-state index contributed by atoms with van der Waals surface area (Å²) in [6, 6.07) is 6.95. The number of hydrogen-bond acceptors (Lipinski definition) is 4. The molecule has 2 N–H and O–H groups in total. The molecule has 0 fully saturated rings. The van der Waals surface area contributed by atoms with Crippen molar-refractivity contribution in [3.63, 3.8) is 0 Å². The fourth-order valence-corrected chi connectivity index (χ4v) is 2.25. The van der Waals surface area contributed by atoms with Crippen LogP contribution in [-0.4, -0.2) is 22.4 Å². The highest BCUT2D eigenvalue weighted by atomic mass is 35.5. The van der Waals surface area contributed by atoms with Gasteiger partial charge in [0.1, 0.15) is 17.2 Å². The lowest BCUT2D eigenvalue weighted by molar-refractivity contribution is -0.115. The van der Waals surface area contributed by atoms with Crippen molar-refractivity contribution in [2.24, 2.45) is 0 Å². The first-order valence-corrected chi connectivity index (χ1v) is 7.64. The maximum absolute atomic E-state index is 11.8. The van der Waals surface area contributed by atoms with Crippen LogP contribution in [0.3, 0.4) is 0 Å². The zero-order valence-electron chi connectivity index (χ0n) is 12.5. The van der Waals surface area contributed by atoms with Gasteiger partial charge >= 0.3 is 0 Å². The maximum Gasteiger partial charge on any atom is 0.226 e. The van der Waals surface area contributed by atoms with Crippen LogP contribution in [0.4, 0.5) is 11.5 Å². The normalized spacial score (nSPS) is 9.87. The number of nitrogens with one attached hydrogen (secondary N) is 2. The van der Waals surface area contributed by atoms with Gasteiger partial charge in [-0.2, -0.15) is 0 Å². The highest BCUT2D eigenvalue weighted by Crippen LogP contribution is 2.21. The van der Waals surface area contributed by atoms with E-state index in [0.29, 0.717) is 34.5 Å². The topological polar surface area (TPSA) is 66.9 Å². The van der Waals surface area contributed by atoms with Crippen molar-refractivity contribution in [3.8, 4) is 0 Å². The van der Waals surface area contributed by atoms with Crippen molar-refractivity contribution in [1.29, 1.82) is 0 Å². The minimum atomic E-state index is -0.101. The van der Waals surface area contributed by atoms with Crippen LogP contribution in [0.15, 0.2) is 30.6 Å². The number of aromatic nitrogens is 2. The van der Waals surface area contributed by atoms with Crippen molar-refractivity contribution < 1.29 is 4.79 Å². The van der Waals surface area contributed by atoms with Crippen LogP contribution >= 0.6 is 35.6 Å². The molecule has 2 rings (SSSR count). The summed E-state index contributed by atoms with van der Waals surface area (Å²) in [5.41, 5.74) is 1.49. The van der Waals surface area contributed by atoms with Gasteiger partial charge < -0.3 is 10.6 Å². The van der Waals surface area contributed by atoms with Gasteiger partial charge in [-0.1, -0.05) is 30.1 Å². The number of hydrogen-bond donors (Lipinski definition) is 2. The standard InChI is InChI=1S/C15H16Cl2N4O.ClH/c1-2-12-14(17)15(20-9-19-12)18-8-7-13(22)21-11-5-3-10(16)4-6-11;/h3-6,9H,2,7-8H2,1H3,(H,21,22)(H,18,19,20);1H. The minimum absolute atomic E-state index is 0. The van der Waals surface area contributed by atoms with E-state index in [2.05, 4.69) is 20.6 Å². The summed E-state index contributed by atoms with van der Waals surface area (Å²) in [5.74, 6) is 0.448. The third-order valence-corrected chi connectivity index (χ3v) is 3.62. The molecule has 1 aromatic heterocycles. The van der Waals surface area contributed by atoms with Crippen LogP contribution in [0.5, 0.6) is 0 Å². The van der Waals surface area contributed by atoms with E-state index in [-0.39, 0.29) is 18.3 Å². The first-order valence-electron chi connectivity index (χ1n) is 6.88. The molecule has 8 heteroatoms. The quantitative estimate of drug-likeness (QED) is 0.793. The zero-order valence-corrected chi connectivity index (χ0v) is 14.8. The summed E-state index contributed by atoms with van der Waals surface area (Å²) >= 11 is 12.0. The predicted molar refractivity (Wildman–Crippen MR) is 96.9 cm³/mol. The van der Waals surface area contributed by atoms with E-state index < -0.39 is 0 Å². The highest BCUT2D eigenvalue weighted by Gasteiger charge is 2.08. The Morgan fingerprint density at radius 2 is 1.87 bits per heavy atom. The summed E-state index contributed by atoms with van der Waals surface area (Å²) < 4.78 is 0. The first kappa shape index (κ1) is 19.5. The van der Waals surface area contributed by atoms with Gasteiger partial charge in [0.15, 0.2) is 0 Å². The third kappa shape index (κ3) is 5.86. The van der Waals surface area contributed by atoms with E-state index in [4.69, 9.17) is 23.2 Å². The first-order chi connectivity index (χ1) is 10.6. The van der Waals surface area contributed by atoms with Crippen LogP contribution in [0.2, 0.25) is 10.0 Å². The molecule has 1 aromatic carbocycles. The Labute approximate surface area is 151 Å². The molecule has 0 radical (unpaired) electrons. The lowest BCUT2D eigenvalue weighted by atomic mass is 10.3. The maximum atomic E-state index is 11.8. The predicted octanol–water partition coefficient (Wildman–Crippen LogP) is 4.21. The Kier molecular flexibility index (Phi) is 8.09. The average molecular weight is 376 g/mol. The molecule has 0 atom stereocenters. The Balaban J connectivity index is 0.00000264. The minimum Gasteiger partial charge on any atom is -0.368 e. The van der Waals surface area contributed by atoms with Gasteiger partial charge in [-0.05, 0) is 30.7 Å². The molecule has 0 aliphatic carbocycles. The molecule has 1 heterocycles. The molecule has 5 nitrogen and oxygen atoms in total. The summed E-state index contributed by atoms with van der Waals surface area (Å²) in [6.45, 7) is 2.40. The Hall–Kier alpha value is -1.56. The monoisotopic (exact) mass is 374 g/mol. The van der Waals surface area contributed by atoms with Crippen molar-refractivity contribution in [2.75, 3.05) is 17.2 Å². The summed E-state index contributed by atoms with van der Waals surface area (Å²) in [7, 11) is 0. The van der Waals surface area contributed by atoms with Gasteiger partial charge in [-0.3, -0.25) is 4.79 Å². The number of nitrogens with zero attached hydrogens (tertiary/aromatic N) is 2. The van der Waals surface area contributed by atoms with E-state index in [1.807, 2.05) is 6.92 Å². The number of aryl methyl sites for hydroxylation is 1. The molecule has 23 heavy (non-hydrogen) atoms. The number of carbonyl (C=O) groups excluding carboxylic acids is 1. The second-order valence-corrected chi connectivity index (χ2v) is 5.38. The molecule has 0 saturated carbocycles. The van der Waals surface area contributed by atoms with Crippen molar-refractivity contribution in [2.45, 2.75) is 19.8 Å². The van der Waals surface area contributed by atoms with Crippen molar-refractivity contribution in [3.05, 3.63) is 46.3 Å². The highest BCUT2D eigenvalue weighted by molar-refractivity contribution is 6.33. The second kappa shape index (κ2) is 9.55. The van der Waals surface area contributed by atoms with Gasteiger partial charge in [0.2, 0.25) is 5.91 Å². The molecule has 0 spiro atoms. The summed E-state index contributed by atoms with van der Waals surface area (Å²) in [5, 5.41) is 6.97. The van der Waals surface area contributed by atoms with E-state index in [1.54, 1.807) is 24.3 Å². The van der Waals surface area contributed by atoms with Gasteiger partial charge in [0.25, 0.3) is 0 Å². The number of halogens is 3. The number of benzene rings is 1. The second-order valence-electron chi connectivity index (χ2n) is 4.57. The van der Waals surface area contributed by atoms with Crippen LogP contribution in [0, 0.1) is 0 Å². The van der Waals surface area contributed by atoms with Crippen LogP contribution in [0.1, 0.15) is 19.0 Å². The largest absolute Gasteiger partial charge is 0.368 e. The third-order valence-electron chi connectivity index (χ3n) is 2.97. The zero-order chi connectivity index (χ0) is 15.9. The number of carbonyl (C=O) groups is 1. The van der Waals surface area contributed by atoms with Crippen molar-refractivity contribution in [1.82, 2.24) is 9.97 Å². The molecule has 0 aliphatic heterocycles. The van der Waals surface area contributed by atoms with Gasteiger partial charge in [0, 0.05) is 23.7 Å². The fourth-order valence-electron chi connectivity index (χ4n) is 1.83. The molecule has 2 aromatic rings. The van der Waals surface area contributed by atoms with E-state index in [1.165, 1.54) is 6.33 Å². The molecule has 0 saturated heterocycles. The van der Waals surface area contributed by atoms with E-state index in [9.17, 15) is 4.79 Å². The molecule has 0 aliphatic rings. The Bertz CT molecular complexity index is 650. The molecule has 124 valence electrons. The lowest BCUT2D eigenvalue weighted by Gasteiger charge is -2.09. The molecular weight excluding hydrogens is 359 g/mol. The van der Waals surface area contributed by atoms with Crippen LogP contribution < -0.4 is 10.6 Å². The fraction of sp³-hybridized carbons (Fsp3) is 0.267. The summed E-state index contributed by atoms with van der Waals surface area (Å²) in [6.07, 6.45) is 2.48. The van der Waals surface area contributed by atoms with Crippen molar-refractivity contribution >= 4 is 53.0 Å². The van der Waals surface area contributed by atoms with Gasteiger partial charge in [0.05, 0.1) is 5.69 Å². The number of amides is 1. The van der Waals surface area contributed by atoms with E-state index in [0.717, 1.165) is 12.1 Å².